The van der Waals surface area contributed by atoms with E-state index in [1.165, 1.54) is 10.6 Å². The topological polar surface area (TPSA) is 72.2 Å². The van der Waals surface area contributed by atoms with Crippen molar-refractivity contribution < 1.29 is 9.18 Å². The molecule has 0 saturated carbocycles. The SMILES string of the molecule is Cc1ccc(CNC(=O)c2nc3nccc(C)n3n2)cc1F. The number of amides is 1. The monoisotopic (exact) mass is 299 g/mol. The van der Waals surface area contributed by atoms with Crippen LogP contribution in [0.4, 0.5) is 4.39 Å². The molecule has 1 aromatic carbocycles. The molecular formula is C15H14FN5O. The molecule has 1 amide bonds. The van der Waals surface area contributed by atoms with Crippen LogP contribution in [0.15, 0.2) is 30.5 Å². The van der Waals surface area contributed by atoms with Gasteiger partial charge in [-0.15, -0.1) is 5.10 Å². The summed E-state index contributed by atoms with van der Waals surface area (Å²) in [6.45, 7) is 3.74. The Morgan fingerprint density at radius 2 is 2.14 bits per heavy atom. The van der Waals surface area contributed by atoms with Crippen LogP contribution in [0.25, 0.3) is 5.78 Å². The molecule has 0 bridgehead atoms. The zero-order chi connectivity index (χ0) is 15.7. The summed E-state index contributed by atoms with van der Waals surface area (Å²) in [5.74, 6) is -0.316. The molecule has 0 spiro atoms. The van der Waals surface area contributed by atoms with Crippen LogP contribution < -0.4 is 5.32 Å². The first-order valence-electron chi connectivity index (χ1n) is 6.76. The molecule has 0 aliphatic heterocycles. The Labute approximate surface area is 126 Å². The minimum atomic E-state index is -0.425. The van der Waals surface area contributed by atoms with E-state index in [0.29, 0.717) is 16.9 Å². The van der Waals surface area contributed by atoms with Crippen molar-refractivity contribution in [2.45, 2.75) is 20.4 Å². The van der Waals surface area contributed by atoms with E-state index in [1.54, 1.807) is 31.3 Å². The number of aromatic nitrogens is 4. The lowest BCUT2D eigenvalue weighted by atomic mass is 10.1. The number of benzene rings is 1. The van der Waals surface area contributed by atoms with Gasteiger partial charge in [0.05, 0.1) is 0 Å². The maximum atomic E-state index is 13.5. The second kappa shape index (κ2) is 5.51. The third-order valence-corrected chi connectivity index (χ3v) is 3.32. The van der Waals surface area contributed by atoms with E-state index >= 15 is 0 Å². The molecule has 0 aliphatic carbocycles. The molecular weight excluding hydrogens is 285 g/mol. The van der Waals surface area contributed by atoms with Crippen molar-refractivity contribution in [3.63, 3.8) is 0 Å². The first kappa shape index (κ1) is 14.1. The van der Waals surface area contributed by atoms with Crippen LogP contribution in [0.5, 0.6) is 0 Å². The summed E-state index contributed by atoms with van der Waals surface area (Å²) < 4.78 is 15.0. The van der Waals surface area contributed by atoms with E-state index < -0.39 is 5.91 Å². The van der Waals surface area contributed by atoms with Gasteiger partial charge in [0, 0.05) is 18.4 Å². The quantitative estimate of drug-likeness (QED) is 0.800. The highest BCUT2D eigenvalue weighted by atomic mass is 19.1. The number of halogens is 1. The van der Waals surface area contributed by atoms with E-state index in [2.05, 4.69) is 20.4 Å². The Hall–Kier alpha value is -2.83. The Morgan fingerprint density at radius 1 is 1.32 bits per heavy atom. The first-order valence-corrected chi connectivity index (χ1v) is 6.76. The average molecular weight is 299 g/mol. The second-order valence-electron chi connectivity index (χ2n) is 5.00. The average Bonchev–Trinajstić information content (AvgIpc) is 2.94. The molecule has 0 aliphatic rings. The fourth-order valence-corrected chi connectivity index (χ4v) is 2.01. The second-order valence-corrected chi connectivity index (χ2v) is 5.00. The van der Waals surface area contributed by atoms with Gasteiger partial charge in [0.2, 0.25) is 5.82 Å². The molecule has 0 fully saturated rings. The molecule has 112 valence electrons. The van der Waals surface area contributed by atoms with Crippen LogP contribution in [-0.4, -0.2) is 25.5 Å². The molecule has 2 heterocycles. The van der Waals surface area contributed by atoms with Gasteiger partial charge < -0.3 is 5.32 Å². The van der Waals surface area contributed by atoms with Crippen LogP contribution in [0.2, 0.25) is 0 Å². The van der Waals surface area contributed by atoms with Crippen molar-refractivity contribution in [3.05, 3.63) is 58.9 Å². The highest BCUT2D eigenvalue weighted by Crippen LogP contribution is 2.09. The summed E-state index contributed by atoms with van der Waals surface area (Å²) in [6.07, 6.45) is 1.61. The van der Waals surface area contributed by atoms with Crippen molar-refractivity contribution >= 4 is 11.7 Å². The summed E-state index contributed by atoms with van der Waals surface area (Å²) in [5, 5.41) is 6.78. The molecule has 2 aromatic heterocycles. The van der Waals surface area contributed by atoms with Crippen LogP contribution in [0.1, 0.15) is 27.4 Å². The molecule has 0 radical (unpaired) electrons. The van der Waals surface area contributed by atoms with Gasteiger partial charge in [-0.2, -0.15) is 4.98 Å². The van der Waals surface area contributed by atoms with Gasteiger partial charge in [-0.25, -0.2) is 13.9 Å². The largest absolute Gasteiger partial charge is 0.345 e. The molecule has 22 heavy (non-hydrogen) atoms. The summed E-state index contributed by atoms with van der Waals surface area (Å²) in [6, 6.07) is 6.62. The summed E-state index contributed by atoms with van der Waals surface area (Å²) in [4.78, 5) is 20.2. The van der Waals surface area contributed by atoms with Gasteiger partial charge in [0.1, 0.15) is 5.82 Å². The van der Waals surface area contributed by atoms with E-state index in [-0.39, 0.29) is 18.2 Å². The van der Waals surface area contributed by atoms with Crippen LogP contribution in [0, 0.1) is 19.7 Å². The highest BCUT2D eigenvalue weighted by molar-refractivity contribution is 5.90. The number of hydrogen-bond donors (Lipinski definition) is 1. The lowest BCUT2D eigenvalue weighted by Gasteiger charge is -2.04. The fourth-order valence-electron chi connectivity index (χ4n) is 2.01. The number of nitrogens with one attached hydrogen (secondary N) is 1. The molecule has 6 nitrogen and oxygen atoms in total. The summed E-state index contributed by atoms with van der Waals surface area (Å²) in [7, 11) is 0. The minimum absolute atomic E-state index is 0.0365. The number of carbonyl (C=O) groups excluding carboxylic acids is 1. The van der Waals surface area contributed by atoms with Gasteiger partial charge >= 0.3 is 0 Å². The van der Waals surface area contributed by atoms with Gasteiger partial charge in [0.15, 0.2) is 0 Å². The molecule has 0 atom stereocenters. The minimum Gasteiger partial charge on any atom is -0.345 e. The summed E-state index contributed by atoms with van der Waals surface area (Å²) >= 11 is 0. The fraction of sp³-hybridized carbons (Fsp3) is 0.200. The third kappa shape index (κ3) is 2.65. The van der Waals surface area contributed by atoms with Gasteiger partial charge in [-0.05, 0) is 37.1 Å². The predicted molar refractivity (Wildman–Crippen MR) is 77.8 cm³/mol. The number of rotatable bonds is 3. The Bertz CT molecular complexity index is 858. The molecule has 3 rings (SSSR count). The van der Waals surface area contributed by atoms with Crippen LogP contribution in [-0.2, 0) is 6.54 Å². The normalized spacial score (nSPS) is 10.9. The lowest BCUT2D eigenvalue weighted by Crippen LogP contribution is -2.24. The zero-order valence-corrected chi connectivity index (χ0v) is 12.2. The Balaban J connectivity index is 1.75. The smallest absolute Gasteiger partial charge is 0.291 e. The number of aryl methyl sites for hydroxylation is 2. The molecule has 7 heteroatoms. The van der Waals surface area contributed by atoms with Gasteiger partial charge in [-0.1, -0.05) is 12.1 Å². The van der Waals surface area contributed by atoms with Crippen LogP contribution in [0.3, 0.4) is 0 Å². The van der Waals surface area contributed by atoms with Gasteiger partial charge in [0.25, 0.3) is 11.7 Å². The van der Waals surface area contributed by atoms with Crippen molar-refractivity contribution in [1.82, 2.24) is 24.9 Å². The van der Waals surface area contributed by atoms with E-state index in [9.17, 15) is 9.18 Å². The van der Waals surface area contributed by atoms with E-state index in [0.717, 1.165) is 5.69 Å². The van der Waals surface area contributed by atoms with Crippen molar-refractivity contribution in [3.8, 4) is 0 Å². The predicted octanol–water partition coefficient (Wildman–Crippen LogP) is 1.81. The number of fused-ring (bicyclic) bond motifs is 1. The maximum Gasteiger partial charge on any atom is 0.291 e. The Kier molecular flexibility index (Phi) is 3.54. The highest BCUT2D eigenvalue weighted by Gasteiger charge is 2.14. The number of nitrogens with zero attached hydrogens (tertiary/aromatic N) is 4. The zero-order valence-electron chi connectivity index (χ0n) is 12.2. The molecule has 3 aromatic rings. The number of carbonyl (C=O) groups is 1. The van der Waals surface area contributed by atoms with Gasteiger partial charge in [-0.3, -0.25) is 4.79 Å². The van der Waals surface area contributed by atoms with Crippen molar-refractivity contribution in [2.75, 3.05) is 0 Å². The summed E-state index contributed by atoms with van der Waals surface area (Å²) in [5.41, 5.74) is 2.07. The molecule has 0 unspecified atom stereocenters. The molecule has 0 saturated heterocycles. The van der Waals surface area contributed by atoms with Crippen LogP contribution >= 0.6 is 0 Å². The first-order chi connectivity index (χ1) is 10.5. The van der Waals surface area contributed by atoms with E-state index in [4.69, 9.17) is 0 Å². The van der Waals surface area contributed by atoms with E-state index in [1.807, 2.05) is 6.92 Å². The van der Waals surface area contributed by atoms with Crippen molar-refractivity contribution in [2.24, 2.45) is 0 Å². The van der Waals surface area contributed by atoms with Crippen molar-refractivity contribution in [1.29, 1.82) is 0 Å². The third-order valence-electron chi connectivity index (χ3n) is 3.32. The Morgan fingerprint density at radius 3 is 2.86 bits per heavy atom. The standard InChI is InChI=1S/C15H14FN5O/c1-9-3-4-11(7-12(9)16)8-18-14(22)13-19-15-17-6-5-10(2)21(15)20-13/h3-7H,8H2,1-2H3,(H,18,22). The molecule has 1 N–H and O–H groups in total. The maximum absolute atomic E-state index is 13.5. The number of hydrogen-bond acceptors (Lipinski definition) is 4. The lowest BCUT2D eigenvalue weighted by molar-refractivity contribution is 0.0940.